The van der Waals surface area contributed by atoms with E-state index in [9.17, 15) is 4.79 Å². The van der Waals surface area contributed by atoms with Crippen LogP contribution in [0.15, 0.2) is 0 Å². The summed E-state index contributed by atoms with van der Waals surface area (Å²) >= 11 is 0. The van der Waals surface area contributed by atoms with Crippen LogP contribution in [0.1, 0.15) is 32.6 Å². The second kappa shape index (κ2) is 8.72. The third-order valence-electron chi connectivity index (χ3n) is 3.39. The van der Waals surface area contributed by atoms with Crippen LogP contribution in [0.2, 0.25) is 0 Å². The van der Waals surface area contributed by atoms with Crippen LogP contribution in [0.3, 0.4) is 0 Å². The molecule has 0 aromatic rings. The lowest BCUT2D eigenvalue weighted by molar-refractivity contribution is -0.121. The Kier molecular flexibility index (Phi) is 8.56. The number of likely N-dealkylation sites (N-methyl/N-ethyl adjacent to an activating group) is 1. The van der Waals surface area contributed by atoms with Gasteiger partial charge in [0.15, 0.2) is 0 Å². The molecule has 0 atom stereocenters. The summed E-state index contributed by atoms with van der Waals surface area (Å²) < 4.78 is 5.39. The smallest absolute Gasteiger partial charge is 0.233 e. The Hall–Kier alpha value is -0.320. The van der Waals surface area contributed by atoms with Gasteiger partial charge in [0.25, 0.3) is 0 Å². The first-order valence-electron chi connectivity index (χ1n) is 6.21. The molecule has 0 spiro atoms. The van der Waals surface area contributed by atoms with Crippen LogP contribution in [0, 0.1) is 5.41 Å². The van der Waals surface area contributed by atoms with Crippen molar-refractivity contribution in [2.24, 2.45) is 5.41 Å². The van der Waals surface area contributed by atoms with Gasteiger partial charge in [0, 0.05) is 19.8 Å². The lowest BCUT2D eigenvalue weighted by atomic mass is 9.67. The first-order chi connectivity index (χ1) is 7.72. The van der Waals surface area contributed by atoms with E-state index < -0.39 is 0 Å². The number of ether oxygens (including phenoxy) is 1. The lowest BCUT2D eigenvalue weighted by Crippen LogP contribution is -2.44. The molecule has 0 aromatic heterocycles. The van der Waals surface area contributed by atoms with E-state index in [4.69, 9.17) is 4.74 Å². The monoisotopic (exact) mass is 264 g/mol. The summed E-state index contributed by atoms with van der Waals surface area (Å²) in [6, 6.07) is 0. The molecule has 0 aliphatic heterocycles. The van der Waals surface area contributed by atoms with Crippen LogP contribution >= 0.6 is 12.4 Å². The Labute approximate surface area is 110 Å². The second-order valence-electron chi connectivity index (χ2n) is 4.61. The Morgan fingerprint density at radius 3 is 2.59 bits per heavy atom. The van der Waals surface area contributed by atoms with Crippen molar-refractivity contribution >= 4 is 18.3 Å². The second-order valence-corrected chi connectivity index (χ2v) is 4.61. The minimum absolute atomic E-state index is 0. The van der Waals surface area contributed by atoms with Gasteiger partial charge in [-0.15, -0.1) is 12.4 Å². The van der Waals surface area contributed by atoms with Gasteiger partial charge in [0.2, 0.25) is 5.91 Å². The normalized spacial score (nSPS) is 16.8. The Bertz CT molecular complexity index is 221. The molecular weight excluding hydrogens is 240 g/mol. The molecule has 1 aliphatic rings. The summed E-state index contributed by atoms with van der Waals surface area (Å²) in [5.41, 5.74) is 0.318. The average Bonchev–Trinajstić information content (AvgIpc) is 2.21. The summed E-state index contributed by atoms with van der Waals surface area (Å²) in [6.07, 6.45) is 4.80. The fourth-order valence-electron chi connectivity index (χ4n) is 2.13. The van der Waals surface area contributed by atoms with Crippen molar-refractivity contribution in [1.82, 2.24) is 10.6 Å². The van der Waals surface area contributed by atoms with Gasteiger partial charge in [-0.25, -0.2) is 0 Å². The highest BCUT2D eigenvalue weighted by molar-refractivity contribution is 5.85. The topological polar surface area (TPSA) is 50.4 Å². The highest BCUT2D eigenvalue weighted by Gasteiger charge is 2.36. The number of hydrogen-bond donors (Lipinski definition) is 2. The van der Waals surface area contributed by atoms with Crippen molar-refractivity contribution in [1.29, 1.82) is 0 Å². The number of carbonyl (C=O) groups is 1. The van der Waals surface area contributed by atoms with Crippen molar-refractivity contribution < 1.29 is 9.53 Å². The van der Waals surface area contributed by atoms with E-state index in [1.54, 1.807) is 7.05 Å². The number of amides is 1. The van der Waals surface area contributed by atoms with Crippen LogP contribution in [-0.2, 0) is 9.53 Å². The third-order valence-corrected chi connectivity index (χ3v) is 3.39. The zero-order chi connectivity index (χ0) is 11.9. The third kappa shape index (κ3) is 5.70. The summed E-state index contributed by atoms with van der Waals surface area (Å²) in [5, 5.41) is 5.85. The molecule has 0 radical (unpaired) electrons. The molecule has 1 aliphatic carbocycles. The molecule has 0 unspecified atom stereocenters. The van der Waals surface area contributed by atoms with E-state index in [2.05, 4.69) is 10.6 Å². The van der Waals surface area contributed by atoms with Gasteiger partial charge >= 0.3 is 0 Å². The molecule has 1 rings (SSSR count). The molecule has 1 amide bonds. The number of hydrogen-bond acceptors (Lipinski definition) is 3. The van der Waals surface area contributed by atoms with E-state index in [1.807, 2.05) is 6.92 Å². The lowest BCUT2D eigenvalue weighted by Gasteiger charge is -2.42. The van der Waals surface area contributed by atoms with Gasteiger partial charge in [0.1, 0.15) is 0 Å². The van der Waals surface area contributed by atoms with Crippen molar-refractivity contribution in [2.45, 2.75) is 32.6 Å². The minimum atomic E-state index is 0. The zero-order valence-corrected chi connectivity index (χ0v) is 11.7. The number of halogens is 1. The first-order valence-corrected chi connectivity index (χ1v) is 6.21. The molecule has 0 bridgehead atoms. The molecule has 17 heavy (non-hydrogen) atoms. The average molecular weight is 265 g/mol. The standard InChI is InChI=1S/C12H24N2O2.ClH/c1-3-16-8-7-12(5-4-6-12)10-14-11(15)9-13-2;/h13H,3-10H2,1-2H3,(H,14,15);1H. The van der Waals surface area contributed by atoms with Crippen molar-refractivity contribution in [3.05, 3.63) is 0 Å². The number of carbonyl (C=O) groups excluding carboxylic acids is 1. The molecule has 0 heterocycles. The van der Waals surface area contributed by atoms with Gasteiger partial charge in [0.05, 0.1) is 6.54 Å². The summed E-state index contributed by atoms with van der Waals surface area (Å²) in [7, 11) is 1.79. The summed E-state index contributed by atoms with van der Waals surface area (Å²) in [5.74, 6) is 0.0881. The Balaban J connectivity index is 0.00000256. The predicted octanol–water partition coefficient (Wildman–Crippen LogP) is 1.34. The maximum Gasteiger partial charge on any atom is 0.233 e. The van der Waals surface area contributed by atoms with Gasteiger partial charge in [-0.3, -0.25) is 4.79 Å². The fraction of sp³-hybridized carbons (Fsp3) is 0.917. The maximum atomic E-state index is 11.4. The van der Waals surface area contributed by atoms with Crippen LogP contribution in [0.5, 0.6) is 0 Å². The van der Waals surface area contributed by atoms with Crippen LogP contribution in [0.4, 0.5) is 0 Å². The fourth-order valence-corrected chi connectivity index (χ4v) is 2.13. The highest BCUT2D eigenvalue weighted by Crippen LogP contribution is 2.43. The molecule has 0 saturated heterocycles. The molecule has 2 N–H and O–H groups in total. The van der Waals surface area contributed by atoms with E-state index in [1.165, 1.54) is 19.3 Å². The largest absolute Gasteiger partial charge is 0.382 e. The summed E-state index contributed by atoms with van der Waals surface area (Å²) in [4.78, 5) is 11.4. The van der Waals surface area contributed by atoms with Crippen LogP contribution in [0.25, 0.3) is 0 Å². The highest BCUT2D eigenvalue weighted by atomic mass is 35.5. The first kappa shape index (κ1) is 16.7. The molecular formula is C12H25ClN2O2. The molecule has 5 heteroatoms. The van der Waals surface area contributed by atoms with E-state index in [0.717, 1.165) is 26.2 Å². The minimum Gasteiger partial charge on any atom is -0.382 e. The van der Waals surface area contributed by atoms with E-state index in [0.29, 0.717) is 12.0 Å². The maximum absolute atomic E-state index is 11.4. The predicted molar refractivity (Wildman–Crippen MR) is 71.6 cm³/mol. The SMILES string of the molecule is CCOCCC1(CNC(=O)CNC)CCC1.Cl. The van der Waals surface area contributed by atoms with Crippen molar-refractivity contribution in [2.75, 3.05) is 33.4 Å². The molecule has 102 valence electrons. The van der Waals surface area contributed by atoms with Gasteiger partial charge in [-0.2, -0.15) is 0 Å². The van der Waals surface area contributed by atoms with Crippen molar-refractivity contribution in [3.8, 4) is 0 Å². The molecule has 1 fully saturated rings. The van der Waals surface area contributed by atoms with Gasteiger partial charge in [-0.1, -0.05) is 6.42 Å². The van der Waals surface area contributed by atoms with Crippen LogP contribution < -0.4 is 10.6 Å². The quantitative estimate of drug-likeness (QED) is 0.651. The molecule has 0 aromatic carbocycles. The van der Waals surface area contributed by atoms with Gasteiger partial charge in [-0.05, 0) is 38.6 Å². The van der Waals surface area contributed by atoms with E-state index in [-0.39, 0.29) is 18.3 Å². The summed E-state index contributed by atoms with van der Waals surface area (Å²) in [6.45, 7) is 4.82. The number of nitrogens with one attached hydrogen (secondary N) is 2. The number of rotatable bonds is 8. The Morgan fingerprint density at radius 2 is 2.12 bits per heavy atom. The molecule has 1 saturated carbocycles. The van der Waals surface area contributed by atoms with Crippen molar-refractivity contribution in [3.63, 3.8) is 0 Å². The van der Waals surface area contributed by atoms with E-state index >= 15 is 0 Å². The van der Waals surface area contributed by atoms with Gasteiger partial charge < -0.3 is 15.4 Å². The zero-order valence-electron chi connectivity index (χ0n) is 10.9. The molecule has 4 nitrogen and oxygen atoms in total. The Morgan fingerprint density at radius 1 is 1.41 bits per heavy atom. The van der Waals surface area contributed by atoms with Crippen LogP contribution in [-0.4, -0.2) is 39.3 Å².